The van der Waals surface area contributed by atoms with E-state index < -0.39 is 10.0 Å². The zero-order chi connectivity index (χ0) is 19.2. The lowest BCUT2D eigenvalue weighted by molar-refractivity contribution is 0.476. The topological polar surface area (TPSA) is 73.8 Å². The number of halogens is 1. The Kier molecular flexibility index (Phi) is 9.20. The summed E-state index contributed by atoms with van der Waals surface area (Å²) >= 11 is 0. The van der Waals surface area contributed by atoms with Gasteiger partial charge in [0.15, 0.2) is 5.96 Å². The molecule has 0 bridgehead atoms. The molecule has 0 aromatic heterocycles. The van der Waals surface area contributed by atoms with Crippen LogP contribution in [0.5, 0.6) is 0 Å². The number of rotatable bonds is 6. The molecular formula is C19H27IN4O2S. The van der Waals surface area contributed by atoms with E-state index in [-0.39, 0.29) is 28.9 Å². The third-order valence-corrected chi connectivity index (χ3v) is 5.50. The fourth-order valence-corrected chi connectivity index (χ4v) is 3.24. The first-order chi connectivity index (χ1) is 12.4. The molecule has 0 saturated heterocycles. The molecule has 2 aromatic carbocycles. The van der Waals surface area contributed by atoms with Crippen molar-refractivity contribution in [2.45, 2.75) is 24.9 Å². The van der Waals surface area contributed by atoms with E-state index >= 15 is 0 Å². The Morgan fingerprint density at radius 3 is 2.11 bits per heavy atom. The van der Waals surface area contributed by atoms with Gasteiger partial charge in [0.25, 0.3) is 0 Å². The predicted molar refractivity (Wildman–Crippen MR) is 121 cm³/mol. The summed E-state index contributed by atoms with van der Waals surface area (Å²) in [5.74, 6) is 0.775. The minimum atomic E-state index is -3.40. The highest BCUT2D eigenvalue weighted by Crippen LogP contribution is 2.10. The summed E-state index contributed by atoms with van der Waals surface area (Å²) in [5, 5.41) is 3.30. The van der Waals surface area contributed by atoms with Gasteiger partial charge in [0, 0.05) is 27.2 Å². The first-order valence-electron chi connectivity index (χ1n) is 8.35. The molecule has 0 aliphatic heterocycles. The van der Waals surface area contributed by atoms with E-state index in [1.54, 1.807) is 31.3 Å². The van der Waals surface area contributed by atoms with Gasteiger partial charge in [-0.15, -0.1) is 24.0 Å². The third-order valence-electron chi connectivity index (χ3n) is 4.07. The van der Waals surface area contributed by atoms with Crippen molar-refractivity contribution < 1.29 is 8.42 Å². The molecule has 2 rings (SSSR count). The zero-order valence-electron chi connectivity index (χ0n) is 16.1. The summed E-state index contributed by atoms with van der Waals surface area (Å²) in [6.07, 6.45) is 0. The van der Waals surface area contributed by atoms with Gasteiger partial charge in [-0.3, -0.25) is 4.99 Å². The number of hydrogen-bond acceptors (Lipinski definition) is 3. The summed E-state index contributed by atoms with van der Waals surface area (Å²) in [4.78, 5) is 6.61. The fourth-order valence-electron chi connectivity index (χ4n) is 2.51. The molecule has 0 aliphatic carbocycles. The molecule has 0 amide bonds. The van der Waals surface area contributed by atoms with Crippen molar-refractivity contribution in [1.82, 2.24) is 14.9 Å². The monoisotopic (exact) mass is 502 g/mol. The van der Waals surface area contributed by atoms with Crippen LogP contribution in [-0.2, 0) is 23.1 Å². The second-order valence-electron chi connectivity index (χ2n) is 6.09. The number of hydrogen-bond donors (Lipinski definition) is 2. The van der Waals surface area contributed by atoms with Crippen LogP contribution in [0.1, 0.15) is 16.7 Å². The van der Waals surface area contributed by atoms with Crippen molar-refractivity contribution in [2.24, 2.45) is 4.99 Å². The Hall–Kier alpha value is -1.65. The molecule has 27 heavy (non-hydrogen) atoms. The standard InChI is InChI=1S/C19H26N4O2S.HI/c1-15-5-7-17(8-6-15)14-23(4)19(20-2)22-13-16-9-11-18(12-10-16)26(24,25)21-3;/h5-12,21H,13-14H2,1-4H3,(H,20,22);1H. The van der Waals surface area contributed by atoms with Crippen LogP contribution in [0, 0.1) is 6.92 Å². The Bertz CT molecular complexity index is 850. The number of benzene rings is 2. The Morgan fingerprint density at radius 2 is 1.59 bits per heavy atom. The van der Waals surface area contributed by atoms with Crippen molar-refractivity contribution >= 4 is 40.0 Å². The molecular weight excluding hydrogens is 475 g/mol. The smallest absolute Gasteiger partial charge is 0.240 e. The van der Waals surface area contributed by atoms with Crippen LogP contribution >= 0.6 is 24.0 Å². The minimum Gasteiger partial charge on any atom is -0.352 e. The Labute approximate surface area is 179 Å². The van der Waals surface area contributed by atoms with Crippen molar-refractivity contribution in [1.29, 1.82) is 0 Å². The molecule has 8 heteroatoms. The van der Waals surface area contributed by atoms with Gasteiger partial charge in [0.2, 0.25) is 10.0 Å². The number of sulfonamides is 1. The van der Waals surface area contributed by atoms with Gasteiger partial charge in [-0.1, -0.05) is 42.0 Å². The molecule has 0 atom stereocenters. The van der Waals surface area contributed by atoms with E-state index in [1.807, 2.05) is 11.9 Å². The van der Waals surface area contributed by atoms with E-state index in [4.69, 9.17) is 0 Å². The van der Waals surface area contributed by atoms with Crippen LogP contribution < -0.4 is 10.0 Å². The Balaban J connectivity index is 0.00000364. The summed E-state index contributed by atoms with van der Waals surface area (Å²) < 4.78 is 25.8. The van der Waals surface area contributed by atoms with E-state index in [1.165, 1.54) is 18.2 Å². The lowest BCUT2D eigenvalue weighted by atomic mass is 10.1. The summed E-state index contributed by atoms with van der Waals surface area (Å²) in [6, 6.07) is 15.2. The second-order valence-corrected chi connectivity index (χ2v) is 7.98. The number of guanidine groups is 1. The maximum atomic E-state index is 11.8. The van der Waals surface area contributed by atoms with Gasteiger partial charge in [0.05, 0.1) is 4.90 Å². The number of nitrogens with one attached hydrogen (secondary N) is 2. The highest BCUT2D eigenvalue weighted by molar-refractivity contribution is 14.0. The Morgan fingerprint density at radius 1 is 1.04 bits per heavy atom. The van der Waals surface area contributed by atoms with Gasteiger partial charge in [-0.25, -0.2) is 13.1 Å². The maximum absolute atomic E-state index is 11.8. The lowest BCUT2D eigenvalue weighted by Gasteiger charge is -2.22. The molecule has 2 aromatic rings. The molecule has 2 N–H and O–H groups in total. The lowest BCUT2D eigenvalue weighted by Crippen LogP contribution is -2.38. The summed E-state index contributed by atoms with van der Waals surface area (Å²) in [5.41, 5.74) is 3.43. The molecule has 6 nitrogen and oxygen atoms in total. The molecule has 0 aliphatic rings. The van der Waals surface area contributed by atoms with Crippen LogP contribution in [0.3, 0.4) is 0 Å². The molecule has 0 saturated carbocycles. The third kappa shape index (κ3) is 6.78. The number of aryl methyl sites for hydroxylation is 1. The van der Waals surface area contributed by atoms with Crippen molar-refractivity contribution in [3.63, 3.8) is 0 Å². The summed E-state index contributed by atoms with van der Waals surface area (Å²) in [7, 11) is 1.73. The van der Waals surface area contributed by atoms with Crippen LogP contribution in [0.15, 0.2) is 58.4 Å². The quantitative estimate of drug-likeness (QED) is 0.362. The molecule has 148 valence electrons. The van der Waals surface area contributed by atoms with Gasteiger partial charge in [0.1, 0.15) is 0 Å². The largest absolute Gasteiger partial charge is 0.352 e. The van der Waals surface area contributed by atoms with Gasteiger partial charge in [-0.05, 0) is 37.2 Å². The average molecular weight is 502 g/mol. The molecule has 0 radical (unpaired) electrons. The first-order valence-corrected chi connectivity index (χ1v) is 9.84. The van der Waals surface area contributed by atoms with Gasteiger partial charge in [-0.2, -0.15) is 0 Å². The first kappa shape index (κ1) is 23.4. The number of aliphatic imine (C=N–C) groups is 1. The second kappa shape index (κ2) is 10.6. The van der Waals surface area contributed by atoms with E-state index in [2.05, 4.69) is 46.2 Å². The van der Waals surface area contributed by atoms with Gasteiger partial charge < -0.3 is 10.2 Å². The molecule has 0 unspecified atom stereocenters. The molecule has 0 spiro atoms. The van der Waals surface area contributed by atoms with E-state index in [9.17, 15) is 8.42 Å². The van der Waals surface area contributed by atoms with E-state index in [0.29, 0.717) is 6.54 Å². The molecule has 0 fully saturated rings. The van der Waals surface area contributed by atoms with Crippen LogP contribution in [0.25, 0.3) is 0 Å². The SMILES string of the molecule is CN=C(NCc1ccc(S(=O)(=O)NC)cc1)N(C)Cc1ccc(C)cc1.I. The highest BCUT2D eigenvalue weighted by atomic mass is 127. The van der Waals surface area contributed by atoms with Crippen LogP contribution in [0.4, 0.5) is 0 Å². The van der Waals surface area contributed by atoms with E-state index in [0.717, 1.165) is 18.1 Å². The predicted octanol–water partition coefficient (Wildman–Crippen LogP) is 2.73. The fraction of sp³-hybridized carbons (Fsp3) is 0.316. The maximum Gasteiger partial charge on any atom is 0.240 e. The van der Waals surface area contributed by atoms with Crippen LogP contribution in [-0.4, -0.2) is 40.4 Å². The van der Waals surface area contributed by atoms with Crippen molar-refractivity contribution in [3.05, 3.63) is 65.2 Å². The van der Waals surface area contributed by atoms with Crippen molar-refractivity contribution in [3.8, 4) is 0 Å². The minimum absolute atomic E-state index is 0. The van der Waals surface area contributed by atoms with Crippen molar-refractivity contribution in [2.75, 3.05) is 21.1 Å². The average Bonchev–Trinajstić information content (AvgIpc) is 2.64. The normalized spacial score (nSPS) is 11.6. The highest BCUT2D eigenvalue weighted by Gasteiger charge is 2.11. The van der Waals surface area contributed by atoms with Gasteiger partial charge >= 0.3 is 0 Å². The number of nitrogens with zero attached hydrogens (tertiary/aromatic N) is 2. The summed E-state index contributed by atoms with van der Waals surface area (Å²) in [6.45, 7) is 3.38. The molecule has 0 heterocycles. The van der Waals surface area contributed by atoms with Crippen LogP contribution in [0.2, 0.25) is 0 Å². The zero-order valence-corrected chi connectivity index (χ0v) is 19.2.